The number of ether oxygens (including phenoxy) is 1. The normalized spacial score (nSPS) is 13.6. The van der Waals surface area contributed by atoms with Crippen molar-refractivity contribution >= 4 is 22.8 Å². The average Bonchev–Trinajstić information content (AvgIpc) is 2.83. The number of amidine groups is 1. The Kier molecular flexibility index (Phi) is 6.05. The van der Waals surface area contributed by atoms with E-state index in [1.165, 1.54) is 0 Å². The summed E-state index contributed by atoms with van der Waals surface area (Å²) in [4.78, 5) is 4.42. The molecule has 3 nitrogen and oxygen atoms in total. The SMILES string of the molecule is Br.CCCCOc1ccccc1C1=NCCN1. The fourth-order valence-corrected chi connectivity index (χ4v) is 1.69. The van der Waals surface area contributed by atoms with Gasteiger partial charge in [0.15, 0.2) is 0 Å². The molecule has 0 radical (unpaired) electrons. The van der Waals surface area contributed by atoms with Crippen LogP contribution in [0.25, 0.3) is 0 Å². The number of nitrogens with one attached hydrogen (secondary N) is 1. The number of hydrogen-bond donors (Lipinski definition) is 1. The average molecular weight is 299 g/mol. The van der Waals surface area contributed by atoms with E-state index in [2.05, 4.69) is 23.3 Å². The van der Waals surface area contributed by atoms with Gasteiger partial charge >= 0.3 is 0 Å². The first kappa shape index (κ1) is 14.0. The number of rotatable bonds is 5. The summed E-state index contributed by atoms with van der Waals surface area (Å²) in [6.07, 6.45) is 2.25. The lowest BCUT2D eigenvalue weighted by Gasteiger charge is -2.11. The van der Waals surface area contributed by atoms with Gasteiger partial charge in [-0.15, -0.1) is 17.0 Å². The molecule has 0 unspecified atom stereocenters. The van der Waals surface area contributed by atoms with Gasteiger partial charge in [0.2, 0.25) is 0 Å². The molecule has 1 heterocycles. The summed E-state index contributed by atoms with van der Waals surface area (Å²) in [5, 5.41) is 3.27. The van der Waals surface area contributed by atoms with E-state index in [9.17, 15) is 0 Å². The maximum atomic E-state index is 5.77. The van der Waals surface area contributed by atoms with Crippen LogP contribution in [0.4, 0.5) is 0 Å². The van der Waals surface area contributed by atoms with E-state index >= 15 is 0 Å². The monoisotopic (exact) mass is 298 g/mol. The Hall–Kier alpha value is -1.03. The van der Waals surface area contributed by atoms with Crippen LogP contribution in [0, 0.1) is 0 Å². The van der Waals surface area contributed by atoms with Gasteiger partial charge in [-0.05, 0) is 18.6 Å². The van der Waals surface area contributed by atoms with Crippen molar-refractivity contribution < 1.29 is 4.74 Å². The van der Waals surface area contributed by atoms with Crippen molar-refractivity contribution in [2.24, 2.45) is 4.99 Å². The Bertz CT molecular complexity index is 379. The highest BCUT2D eigenvalue weighted by Gasteiger charge is 2.12. The molecule has 0 saturated heterocycles. The third-order valence-electron chi connectivity index (χ3n) is 2.57. The van der Waals surface area contributed by atoms with Gasteiger partial charge in [0.05, 0.1) is 18.7 Å². The number of aliphatic imine (C=N–C) groups is 1. The Labute approximate surface area is 113 Å². The van der Waals surface area contributed by atoms with Gasteiger partial charge in [-0.3, -0.25) is 4.99 Å². The van der Waals surface area contributed by atoms with Gasteiger partial charge in [-0.25, -0.2) is 0 Å². The molecule has 1 aromatic carbocycles. The lowest BCUT2D eigenvalue weighted by molar-refractivity contribution is 0.309. The number of hydrogen-bond acceptors (Lipinski definition) is 3. The van der Waals surface area contributed by atoms with Crippen LogP contribution in [-0.2, 0) is 0 Å². The minimum atomic E-state index is 0. The highest BCUT2D eigenvalue weighted by Crippen LogP contribution is 2.19. The van der Waals surface area contributed by atoms with Gasteiger partial charge in [0.1, 0.15) is 11.6 Å². The van der Waals surface area contributed by atoms with Crippen LogP contribution in [0.3, 0.4) is 0 Å². The fraction of sp³-hybridized carbons (Fsp3) is 0.462. The van der Waals surface area contributed by atoms with Crippen LogP contribution in [0.1, 0.15) is 25.3 Å². The first-order valence-corrected chi connectivity index (χ1v) is 5.92. The molecule has 1 aromatic rings. The molecular formula is C13H19BrN2O. The van der Waals surface area contributed by atoms with Crippen LogP contribution in [0.5, 0.6) is 5.75 Å². The molecule has 1 aliphatic heterocycles. The zero-order chi connectivity index (χ0) is 11.2. The van der Waals surface area contributed by atoms with Crippen LogP contribution >= 0.6 is 17.0 Å². The second kappa shape index (κ2) is 7.33. The third-order valence-corrected chi connectivity index (χ3v) is 2.57. The van der Waals surface area contributed by atoms with E-state index in [0.29, 0.717) is 0 Å². The van der Waals surface area contributed by atoms with Crippen molar-refractivity contribution in [2.45, 2.75) is 19.8 Å². The first-order valence-electron chi connectivity index (χ1n) is 5.92. The molecule has 0 aliphatic carbocycles. The topological polar surface area (TPSA) is 33.6 Å². The maximum Gasteiger partial charge on any atom is 0.132 e. The zero-order valence-electron chi connectivity index (χ0n) is 10.1. The smallest absolute Gasteiger partial charge is 0.132 e. The Morgan fingerprint density at radius 3 is 2.88 bits per heavy atom. The summed E-state index contributed by atoms with van der Waals surface area (Å²) in [6.45, 7) is 4.73. The third kappa shape index (κ3) is 3.73. The molecule has 0 amide bonds. The Balaban J connectivity index is 0.00000144. The van der Waals surface area contributed by atoms with Crippen molar-refractivity contribution in [1.82, 2.24) is 5.32 Å². The highest BCUT2D eigenvalue weighted by atomic mass is 79.9. The first-order chi connectivity index (χ1) is 7.92. The van der Waals surface area contributed by atoms with E-state index in [0.717, 1.165) is 49.7 Å². The summed E-state index contributed by atoms with van der Waals surface area (Å²) in [7, 11) is 0. The lowest BCUT2D eigenvalue weighted by Crippen LogP contribution is -2.20. The van der Waals surface area contributed by atoms with Crippen LogP contribution < -0.4 is 10.1 Å². The number of para-hydroxylation sites is 1. The van der Waals surface area contributed by atoms with Crippen molar-refractivity contribution in [3.8, 4) is 5.75 Å². The van der Waals surface area contributed by atoms with Crippen molar-refractivity contribution in [2.75, 3.05) is 19.7 Å². The quantitative estimate of drug-likeness (QED) is 0.848. The molecule has 0 saturated carbocycles. The standard InChI is InChI=1S/C13H18N2O.BrH/c1-2-3-10-16-12-7-5-4-6-11(12)13-14-8-9-15-13;/h4-7H,2-3,8-10H2,1H3,(H,14,15);1H. The molecule has 0 aromatic heterocycles. The Morgan fingerprint density at radius 1 is 1.35 bits per heavy atom. The predicted octanol–water partition coefficient (Wildman–Crippen LogP) is 2.79. The van der Waals surface area contributed by atoms with E-state index in [1.54, 1.807) is 0 Å². The molecule has 1 aliphatic rings. The molecule has 0 spiro atoms. The summed E-state index contributed by atoms with van der Waals surface area (Å²) in [6, 6.07) is 8.08. The zero-order valence-corrected chi connectivity index (χ0v) is 11.8. The molecule has 94 valence electrons. The van der Waals surface area contributed by atoms with Crippen molar-refractivity contribution in [1.29, 1.82) is 0 Å². The highest BCUT2D eigenvalue weighted by molar-refractivity contribution is 8.93. The van der Waals surface area contributed by atoms with Crippen molar-refractivity contribution in [3.05, 3.63) is 29.8 Å². The fourth-order valence-electron chi connectivity index (χ4n) is 1.69. The molecule has 1 N–H and O–H groups in total. The summed E-state index contributed by atoms with van der Waals surface area (Å²) in [5.74, 6) is 1.90. The molecule has 17 heavy (non-hydrogen) atoms. The summed E-state index contributed by atoms with van der Waals surface area (Å²) < 4.78 is 5.77. The van der Waals surface area contributed by atoms with E-state index in [-0.39, 0.29) is 17.0 Å². The van der Waals surface area contributed by atoms with Crippen LogP contribution in [-0.4, -0.2) is 25.5 Å². The summed E-state index contributed by atoms with van der Waals surface area (Å²) in [5.41, 5.74) is 1.08. The molecule has 0 fully saturated rings. The second-order valence-electron chi connectivity index (χ2n) is 3.86. The largest absolute Gasteiger partial charge is 0.493 e. The lowest BCUT2D eigenvalue weighted by atomic mass is 10.2. The van der Waals surface area contributed by atoms with Gasteiger partial charge in [-0.2, -0.15) is 0 Å². The van der Waals surface area contributed by atoms with E-state index < -0.39 is 0 Å². The van der Waals surface area contributed by atoms with Crippen LogP contribution in [0.2, 0.25) is 0 Å². The number of nitrogens with zero attached hydrogens (tertiary/aromatic N) is 1. The van der Waals surface area contributed by atoms with E-state index in [4.69, 9.17) is 4.74 Å². The van der Waals surface area contributed by atoms with Gasteiger partial charge in [-0.1, -0.05) is 25.5 Å². The Morgan fingerprint density at radius 2 is 2.18 bits per heavy atom. The molecule has 2 rings (SSSR count). The van der Waals surface area contributed by atoms with Gasteiger partial charge in [0, 0.05) is 6.54 Å². The number of benzene rings is 1. The second-order valence-corrected chi connectivity index (χ2v) is 3.86. The van der Waals surface area contributed by atoms with Gasteiger partial charge in [0.25, 0.3) is 0 Å². The summed E-state index contributed by atoms with van der Waals surface area (Å²) >= 11 is 0. The van der Waals surface area contributed by atoms with Gasteiger partial charge < -0.3 is 10.1 Å². The van der Waals surface area contributed by atoms with E-state index in [1.807, 2.05) is 18.2 Å². The molecule has 0 bridgehead atoms. The molecule has 4 heteroatoms. The maximum absolute atomic E-state index is 5.77. The molecular weight excluding hydrogens is 280 g/mol. The number of unbranched alkanes of at least 4 members (excludes halogenated alkanes) is 1. The number of halogens is 1. The predicted molar refractivity (Wildman–Crippen MR) is 76.6 cm³/mol. The minimum Gasteiger partial charge on any atom is -0.493 e. The van der Waals surface area contributed by atoms with Crippen LogP contribution in [0.15, 0.2) is 29.3 Å². The van der Waals surface area contributed by atoms with Crippen molar-refractivity contribution in [3.63, 3.8) is 0 Å². The molecule has 0 atom stereocenters. The minimum absolute atomic E-state index is 0.